The summed E-state index contributed by atoms with van der Waals surface area (Å²) < 4.78 is 15.2. The second kappa shape index (κ2) is 6.04. The molecule has 0 atom stereocenters. The lowest BCUT2D eigenvalue weighted by Crippen LogP contribution is -2.14. The summed E-state index contributed by atoms with van der Waals surface area (Å²) in [5.41, 5.74) is 2.21. The number of thioether (sulfide) groups is 1. The van der Waals surface area contributed by atoms with Crippen molar-refractivity contribution in [1.82, 2.24) is 14.8 Å². The van der Waals surface area contributed by atoms with Crippen LogP contribution in [-0.4, -0.2) is 21.3 Å². The lowest BCUT2D eigenvalue weighted by atomic mass is 10.2. The van der Waals surface area contributed by atoms with Crippen LogP contribution in [0.15, 0.2) is 59.8 Å². The average Bonchev–Trinajstić information content (AvgIpc) is 3.17. The highest BCUT2D eigenvalue weighted by molar-refractivity contribution is 7.98. The van der Waals surface area contributed by atoms with Gasteiger partial charge in [-0.3, -0.25) is 4.57 Å². The highest BCUT2D eigenvalue weighted by atomic mass is 32.2. The average molecular weight is 326 g/mol. The number of hydrogen-bond donors (Lipinski definition) is 0. The molecule has 1 aliphatic rings. The van der Waals surface area contributed by atoms with E-state index in [4.69, 9.17) is 0 Å². The maximum Gasteiger partial charge on any atom is 0.232 e. The van der Waals surface area contributed by atoms with Gasteiger partial charge >= 0.3 is 0 Å². The van der Waals surface area contributed by atoms with Crippen LogP contribution in [0.4, 0.5) is 16.0 Å². The maximum absolute atomic E-state index is 13.1. The quantitative estimate of drug-likeness (QED) is 0.682. The molecule has 0 radical (unpaired) electrons. The van der Waals surface area contributed by atoms with E-state index in [-0.39, 0.29) is 5.82 Å². The minimum atomic E-state index is -0.228. The van der Waals surface area contributed by atoms with E-state index in [0.717, 1.165) is 35.6 Å². The highest BCUT2D eigenvalue weighted by Gasteiger charge is 2.25. The van der Waals surface area contributed by atoms with Gasteiger partial charge in [0.25, 0.3) is 0 Å². The summed E-state index contributed by atoms with van der Waals surface area (Å²) in [6.45, 7) is 1.67. The second-order valence-electron chi connectivity index (χ2n) is 5.34. The first-order chi connectivity index (χ1) is 11.3. The zero-order valence-electron chi connectivity index (χ0n) is 12.4. The molecular weight excluding hydrogens is 311 g/mol. The van der Waals surface area contributed by atoms with Crippen molar-refractivity contribution < 1.29 is 4.39 Å². The predicted molar refractivity (Wildman–Crippen MR) is 89.4 cm³/mol. The number of halogens is 1. The third-order valence-electron chi connectivity index (χ3n) is 3.84. The molecule has 4 nitrogen and oxygen atoms in total. The van der Waals surface area contributed by atoms with Gasteiger partial charge in [0, 0.05) is 24.5 Å². The van der Waals surface area contributed by atoms with Crippen molar-refractivity contribution in [3.63, 3.8) is 0 Å². The minimum absolute atomic E-state index is 0.228. The Bertz CT molecular complexity index is 801. The standard InChI is InChI=1S/C17H15FN4S/c18-14-6-8-15(9-7-14)21-10-11-22-16(21)19-20-17(22)23-12-13-4-2-1-3-5-13/h1-9H,10-12H2. The summed E-state index contributed by atoms with van der Waals surface area (Å²) in [6.07, 6.45) is 0. The van der Waals surface area contributed by atoms with Crippen molar-refractivity contribution in [3.8, 4) is 0 Å². The van der Waals surface area contributed by atoms with E-state index in [1.54, 1.807) is 23.9 Å². The van der Waals surface area contributed by atoms with Crippen molar-refractivity contribution in [2.75, 3.05) is 11.4 Å². The van der Waals surface area contributed by atoms with Crippen molar-refractivity contribution in [2.24, 2.45) is 0 Å². The number of fused-ring (bicyclic) bond motifs is 1. The summed E-state index contributed by atoms with van der Waals surface area (Å²) in [4.78, 5) is 2.07. The first-order valence-corrected chi connectivity index (χ1v) is 8.43. The molecule has 0 saturated carbocycles. The van der Waals surface area contributed by atoms with E-state index >= 15 is 0 Å². The topological polar surface area (TPSA) is 34.0 Å². The Morgan fingerprint density at radius 2 is 1.74 bits per heavy atom. The lowest BCUT2D eigenvalue weighted by Gasteiger charge is -2.14. The Hall–Kier alpha value is -2.34. The van der Waals surface area contributed by atoms with Crippen LogP contribution in [-0.2, 0) is 12.3 Å². The molecule has 0 fully saturated rings. The molecule has 0 spiro atoms. The highest BCUT2D eigenvalue weighted by Crippen LogP contribution is 2.32. The molecule has 0 aliphatic carbocycles. The van der Waals surface area contributed by atoms with Crippen molar-refractivity contribution in [2.45, 2.75) is 17.5 Å². The smallest absolute Gasteiger partial charge is 0.232 e. The monoisotopic (exact) mass is 326 g/mol. The van der Waals surface area contributed by atoms with Gasteiger partial charge in [-0.2, -0.15) is 0 Å². The molecule has 0 saturated heterocycles. The van der Waals surface area contributed by atoms with Gasteiger partial charge in [0.2, 0.25) is 5.95 Å². The van der Waals surface area contributed by atoms with Crippen LogP contribution in [0.2, 0.25) is 0 Å². The van der Waals surface area contributed by atoms with E-state index in [9.17, 15) is 4.39 Å². The SMILES string of the molecule is Fc1ccc(N2CCn3c(SCc4ccccc4)nnc32)cc1. The number of hydrogen-bond acceptors (Lipinski definition) is 4. The number of aromatic nitrogens is 3. The first kappa shape index (κ1) is 14.3. The van der Waals surface area contributed by atoms with Gasteiger partial charge in [0.05, 0.1) is 0 Å². The van der Waals surface area contributed by atoms with Gasteiger partial charge in [-0.15, -0.1) is 10.2 Å². The zero-order chi connectivity index (χ0) is 15.6. The number of anilines is 2. The van der Waals surface area contributed by atoms with Crippen molar-refractivity contribution >= 4 is 23.4 Å². The van der Waals surface area contributed by atoms with Gasteiger partial charge in [-0.1, -0.05) is 42.1 Å². The van der Waals surface area contributed by atoms with Gasteiger partial charge < -0.3 is 4.90 Å². The molecule has 0 unspecified atom stereocenters. The number of rotatable bonds is 4. The van der Waals surface area contributed by atoms with Gasteiger partial charge in [-0.25, -0.2) is 4.39 Å². The summed E-state index contributed by atoms with van der Waals surface area (Å²) in [5, 5.41) is 9.54. The van der Waals surface area contributed by atoms with Crippen LogP contribution in [0.25, 0.3) is 0 Å². The normalized spacial score (nSPS) is 13.3. The molecule has 4 rings (SSSR count). The van der Waals surface area contributed by atoms with Gasteiger partial charge in [-0.05, 0) is 29.8 Å². The molecule has 23 heavy (non-hydrogen) atoms. The minimum Gasteiger partial charge on any atom is -0.309 e. The zero-order valence-corrected chi connectivity index (χ0v) is 13.2. The van der Waals surface area contributed by atoms with Crippen LogP contribution in [0.3, 0.4) is 0 Å². The molecule has 6 heteroatoms. The van der Waals surface area contributed by atoms with E-state index in [1.165, 1.54) is 17.7 Å². The Kier molecular flexibility index (Phi) is 3.75. The van der Waals surface area contributed by atoms with Crippen LogP contribution >= 0.6 is 11.8 Å². The van der Waals surface area contributed by atoms with Gasteiger partial charge in [0.15, 0.2) is 5.16 Å². The number of nitrogens with zero attached hydrogens (tertiary/aromatic N) is 4. The lowest BCUT2D eigenvalue weighted by molar-refractivity contribution is 0.627. The van der Waals surface area contributed by atoms with Crippen molar-refractivity contribution in [1.29, 1.82) is 0 Å². The molecule has 3 aromatic rings. The van der Waals surface area contributed by atoms with Crippen LogP contribution in [0.1, 0.15) is 5.56 Å². The van der Waals surface area contributed by atoms with E-state index < -0.39 is 0 Å². The third-order valence-corrected chi connectivity index (χ3v) is 4.87. The molecule has 0 N–H and O–H groups in total. The number of benzene rings is 2. The predicted octanol–water partition coefficient (Wildman–Crippen LogP) is 3.86. The fourth-order valence-corrected chi connectivity index (χ4v) is 3.59. The fraction of sp³-hybridized carbons (Fsp3) is 0.176. The largest absolute Gasteiger partial charge is 0.309 e. The van der Waals surface area contributed by atoms with E-state index in [0.29, 0.717) is 0 Å². The molecule has 0 bridgehead atoms. The third kappa shape index (κ3) is 2.82. The molecule has 116 valence electrons. The molecule has 0 amide bonds. The first-order valence-electron chi connectivity index (χ1n) is 7.44. The van der Waals surface area contributed by atoms with Gasteiger partial charge in [0.1, 0.15) is 5.82 Å². The Balaban J connectivity index is 1.53. The summed E-state index contributed by atoms with van der Waals surface area (Å²) in [6, 6.07) is 16.8. The molecular formula is C17H15FN4S. The Labute approximate surface area is 138 Å². The maximum atomic E-state index is 13.1. The van der Waals surface area contributed by atoms with E-state index in [1.807, 2.05) is 18.2 Å². The Morgan fingerprint density at radius 3 is 2.52 bits per heavy atom. The van der Waals surface area contributed by atoms with E-state index in [2.05, 4.69) is 31.8 Å². The summed E-state index contributed by atoms with van der Waals surface area (Å²) in [7, 11) is 0. The fourth-order valence-electron chi connectivity index (χ4n) is 2.67. The van der Waals surface area contributed by atoms with Crippen LogP contribution in [0.5, 0.6) is 0 Å². The molecule has 2 heterocycles. The molecule has 2 aromatic carbocycles. The summed E-state index contributed by atoms with van der Waals surface area (Å²) in [5.74, 6) is 1.47. The van der Waals surface area contributed by atoms with Crippen LogP contribution in [0, 0.1) is 5.82 Å². The molecule has 1 aliphatic heterocycles. The molecule has 1 aromatic heterocycles. The summed E-state index contributed by atoms with van der Waals surface area (Å²) >= 11 is 1.69. The Morgan fingerprint density at radius 1 is 0.957 bits per heavy atom. The van der Waals surface area contributed by atoms with Crippen LogP contribution < -0.4 is 4.90 Å². The van der Waals surface area contributed by atoms with Crippen molar-refractivity contribution in [3.05, 3.63) is 66.0 Å². The second-order valence-corrected chi connectivity index (χ2v) is 6.28.